The predicted molar refractivity (Wildman–Crippen MR) is 124 cm³/mol. The molecular formula is C25H31FN4O2. The van der Waals surface area contributed by atoms with Gasteiger partial charge in [0.25, 0.3) is 5.91 Å². The van der Waals surface area contributed by atoms with Crippen molar-refractivity contribution in [2.75, 3.05) is 36.8 Å². The molecule has 7 heteroatoms. The van der Waals surface area contributed by atoms with Crippen LogP contribution in [0.5, 0.6) is 0 Å². The van der Waals surface area contributed by atoms with E-state index < -0.39 is 0 Å². The quantitative estimate of drug-likeness (QED) is 0.700. The van der Waals surface area contributed by atoms with Crippen LogP contribution >= 0.6 is 0 Å². The zero-order chi connectivity index (χ0) is 22.5. The van der Waals surface area contributed by atoms with E-state index in [2.05, 4.69) is 10.2 Å². The minimum atomic E-state index is -0.306. The van der Waals surface area contributed by atoms with E-state index in [1.807, 2.05) is 11.0 Å². The number of carbonyl (C=O) groups excluding carboxylic acids is 2. The third-order valence-electron chi connectivity index (χ3n) is 6.48. The Bertz CT molecular complexity index is 957. The van der Waals surface area contributed by atoms with Gasteiger partial charge in [-0.15, -0.1) is 0 Å². The predicted octanol–water partition coefficient (Wildman–Crippen LogP) is 3.57. The van der Waals surface area contributed by atoms with Crippen molar-refractivity contribution in [1.82, 2.24) is 10.2 Å². The Morgan fingerprint density at radius 3 is 2.47 bits per heavy atom. The molecule has 2 fully saturated rings. The topological polar surface area (TPSA) is 78.7 Å². The minimum Gasteiger partial charge on any atom is -0.399 e. The van der Waals surface area contributed by atoms with Crippen LogP contribution in [0.1, 0.15) is 48.0 Å². The van der Waals surface area contributed by atoms with E-state index in [1.54, 1.807) is 24.3 Å². The molecule has 2 aromatic carbocycles. The van der Waals surface area contributed by atoms with Gasteiger partial charge in [-0.3, -0.25) is 9.59 Å². The Labute approximate surface area is 188 Å². The van der Waals surface area contributed by atoms with Gasteiger partial charge < -0.3 is 20.9 Å². The maximum absolute atomic E-state index is 13.1. The molecule has 0 radical (unpaired) electrons. The highest BCUT2D eigenvalue weighted by Crippen LogP contribution is 2.28. The van der Waals surface area contributed by atoms with Gasteiger partial charge in [0.15, 0.2) is 0 Å². The average molecular weight is 439 g/mol. The molecular weight excluding hydrogens is 407 g/mol. The molecule has 1 saturated carbocycles. The van der Waals surface area contributed by atoms with E-state index >= 15 is 0 Å². The summed E-state index contributed by atoms with van der Waals surface area (Å²) in [6, 6.07) is 11.4. The van der Waals surface area contributed by atoms with E-state index in [9.17, 15) is 14.0 Å². The number of amides is 2. The van der Waals surface area contributed by atoms with Crippen molar-refractivity contribution < 1.29 is 14.0 Å². The molecule has 3 N–H and O–H groups in total. The number of benzene rings is 2. The SMILES string of the molecule is Nc1ccc(N2CCCN(C(=O)C3CCCC3)CC2)c(C(=O)NCc2ccc(F)cc2)c1. The van der Waals surface area contributed by atoms with Crippen molar-refractivity contribution in [2.45, 2.75) is 38.6 Å². The van der Waals surface area contributed by atoms with Crippen LogP contribution in [0.4, 0.5) is 15.8 Å². The Kier molecular flexibility index (Phi) is 6.93. The Morgan fingerprint density at radius 1 is 0.969 bits per heavy atom. The summed E-state index contributed by atoms with van der Waals surface area (Å²) in [6.07, 6.45) is 5.18. The van der Waals surface area contributed by atoms with Crippen molar-refractivity contribution in [3.05, 3.63) is 59.4 Å². The van der Waals surface area contributed by atoms with Crippen molar-refractivity contribution >= 4 is 23.2 Å². The van der Waals surface area contributed by atoms with Gasteiger partial charge in [-0.1, -0.05) is 25.0 Å². The van der Waals surface area contributed by atoms with Crippen molar-refractivity contribution in [2.24, 2.45) is 5.92 Å². The third kappa shape index (κ3) is 5.21. The number of rotatable bonds is 5. The molecule has 1 heterocycles. The maximum Gasteiger partial charge on any atom is 0.253 e. The lowest BCUT2D eigenvalue weighted by Gasteiger charge is -2.27. The molecule has 0 spiro atoms. The number of halogens is 1. The Morgan fingerprint density at radius 2 is 1.72 bits per heavy atom. The lowest BCUT2D eigenvalue weighted by molar-refractivity contribution is -0.135. The van der Waals surface area contributed by atoms with Gasteiger partial charge in [-0.25, -0.2) is 4.39 Å². The van der Waals surface area contributed by atoms with Crippen LogP contribution in [-0.2, 0) is 11.3 Å². The number of nitrogens with two attached hydrogens (primary N) is 1. The second-order valence-electron chi connectivity index (χ2n) is 8.73. The molecule has 2 aliphatic rings. The summed E-state index contributed by atoms with van der Waals surface area (Å²) in [5.74, 6) is -0.0515. The Hall–Kier alpha value is -3.09. The number of hydrogen-bond donors (Lipinski definition) is 2. The molecule has 4 rings (SSSR count). The van der Waals surface area contributed by atoms with Crippen LogP contribution < -0.4 is 16.0 Å². The minimum absolute atomic E-state index is 0.186. The normalized spacial score (nSPS) is 17.3. The molecule has 6 nitrogen and oxygen atoms in total. The van der Waals surface area contributed by atoms with Crippen LogP contribution in [0.3, 0.4) is 0 Å². The summed E-state index contributed by atoms with van der Waals surface area (Å²) < 4.78 is 13.1. The van der Waals surface area contributed by atoms with Crippen LogP contribution in [0.25, 0.3) is 0 Å². The number of carbonyl (C=O) groups is 2. The number of nitrogen functional groups attached to an aromatic ring is 1. The van der Waals surface area contributed by atoms with Crippen LogP contribution in [0.2, 0.25) is 0 Å². The van der Waals surface area contributed by atoms with Gasteiger partial charge in [0.05, 0.1) is 5.56 Å². The summed E-state index contributed by atoms with van der Waals surface area (Å²) in [4.78, 5) is 30.0. The summed E-state index contributed by atoms with van der Waals surface area (Å²) in [7, 11) is 0. The first kappa shape index (κ1) is 22.1. The van der Waals surface area contributed by atoms with Gasteiger partial charge in [0.1, 0.15) is 5.82 Å². The summed E-state index contributed by atoms with van der Waals surface area (Å²) in [5, 5.41) is 2.91. The van der Waals surface area contributed by atoms with Gasteiger partial charge in [0, 0.05) is 50.0 Å². The second kappa shape index (κ2) is 10.0. The largest absolute Gasteiger partial charge is 0.399 e. The van der Waals surface area contributed by atoms with E-state index in [4.69, 9.17) is 5.73 Å². The maximum atomic E-state index is 13.1. The first-order valence-electron chi connectivity index (χ1n) is 11.5. The summed E-state index contributed by atoms with van der Waals surface area (Å²) >= 11 is 0. The van der Waals surface area contributed by atoms with Gasteiger partial charge >= 0.3 is 0 Å². The van der Waals surface area contributed by atoms with Crippen molar-refractivity contribution in [1.29, 1.82) is 0 Å². The van der Waals surface area contributed by atoms with Crippen LogP contribution in [0, 0.1) is 11.7 Å². The molecule has 0 atom stereocenters. The first-order chi connectivity index (χ1) is 15.5. The second-order valence-corrected chi connectivity index (χ2v) is 8.73. The van der Waals surface area contributed by atoms with E-state index in [1.165, 1.54) is 12.1 Å². The molecule has 2 aromatic rings. The van der Waals surface area contributed by atoms with Crippen molar-refractivity contribution in [3.8, 4) is 0 Å². The highest BCUT2D eigenvalue weighted by molar-refractivity contribution is 6.00. The molecule has 0 unspecified atom stereocenters. The monoisotopic (exact) mass is 438 g/mol. The molecule has 0 aromatic heterocycles. The molecule has 170 valence electrons. The van der Waals surface area contributed by atoms with E-state index in [0.29, 0.717) is 36.8 Å². The van der Waals surface area contributed by atoms with E-state index in [0.717, 1.165) is 56.4 Å². The molecule has 32 heavy (non-hydrogen) atoms. The number of nitrogens with one attached hydrogen (secondary N) is 1. The number of anilines is 2. The zero-order valence-corrected chi connectivity index (χ0v) is 18.4. The fourth-order valence-electron chi connectivity index (χ4n) is 4.70. The highest BCUT2D eigenvalue weighted by Gasteiger charge is 2.29. The zero-order valence-electron chi connectivity index (χ0n) is 18.4. The molecule has 0 bridgehead atoms. The van der Waals surface area contributed by atoms with Crippen LogP contribution in [0.15, 0.2) is 42.5 Å². The highest BCUT2D eigenvalue weighted by atomic mass is 19.1. The fourth-order valence-corrected chi connectivity index (χ4v) is 4.70. The van der Waals surface area contributed by atoms with E-state index in [-0.39, 0.29) is 17.6 Å². The average Bonchev–Trinajstić information content (AvgIpc) is 3.23. The molecule has 1 saturated heterocycles. The third-order valence-corrected chi connectivity index (χ3v) is 6.48. The smallest absolute Gasteiger partial charge is 0.253 e. The fraction of sp³-hybridized carbons (Fsp3) is 0.440. The summed E-state index contributed by atoms with van der Waals surface area (Å²) in [5.41, 5.74) is 8.67. The van der Waals surface area contributed by atoms with Gasteiger partial charge in [-0.05, 0) is 55.2 Å². The van der Waals surface area contributed by atoms with Crippen LogP contribution in [-0.4, -0.2) is 42.9 Å². The Balaban J connectivity index is 1.44. The van der Waals surface area contributed by atoms with Gasteiger partial charge in [0.2, 0.25) is 5.91 Å². The van der Waals surface area contributed by atoms with Crippen molar-refractivity contribution in [3.63, 3.8) is 0 Å². The lowest BCUT2D eigenvalue weighted by Crippen LogP contribution is -2.38. The molecule has 1 aliphatic heterocycles. The van der Waals surface area contributed by atoms with Gasteiger partial charge in [-0.2, -0.15) is 0 Å². The molecule has 1 aliphatic carbocycles. The number of nitrogens with zero attached hydrogens (tertiary/aromatic N) is 2. The summed E-state index contributed by atoms with van der Waals surface area (Å²) in [6.45, 7) is 3.18. The number of hydrogen-bond acceptors (Lipinski definition) is 4. The lowest BCUT2D eigenvalue weighted by atomic mass is 10.1. The standard InChI is InChI=1S/C25H31FN4O2/c26-20-8-6-18(7-9-20)17-28-24(31)22-16-21(27)10-11-23(22)29-12-3-13-30(15-14-29)25(32)19-4-1-2-5-19/h6-11,16,19H,1-5,12-15,17,27H2,(H,28,31). The first-order valence-corrected chi connectivity index (χ1v) is 11.5. The molecule has 2 amide bonds.